The Balaban J connectivity index is 1.72. The first-order chi connectivity index (χ1) is 14.5. The van der Waals surface area contributed by atoms with E-state index >= 15 is 0 Å². The molecule has 4 atom stereocenters. The SMILES string of the molecule is CC1=C(CC(=O)N[C@H](C)c2ccc(C#N)cc2F)C(=O)NC2CNC(C(F)(F)F)NC12. The van der Waals surface area contributed by atoms with Crippen molar-refractivity contribution in [1.29, 1.82) is 5.26 Å². The predicted octanol–water partition coefficient (Wildman–Crippen LogP) is 1.53. The van der Waals surface area contributed by atoms with E-state index in [-0.39, 0.29) is 29.7 Å². The third-order valence-corrected chi connectivity index (χ3v) is 5.46. The van der Waals surface area contributed by atoms with Crippen LogP contribution in [0.25, 0.3) is 0 Å². The fourth-order valence-corrected chi connectivity index (χ4v) is 3.81. The molecular weight excluding hydrogens is 418 g/mol. The van der Waals surface area contributed by atoms with Crippen molar-refractivity contribution >= 4 is 11.8 Å². The van der Waals surface area contributed by atoms with Crippen molar-refractivity contribution in [1.82, 2.24) is 21.3 Å². The van der Waals surface area contributed by atoms with Crippen molar-refractivity contribution in [3.8, 4) is 6.07 Å². The Morgan fingerprint density at radius 1 is 1.39 bits per heavy atom. The molecule has 3 rings (SSSR count). The monoisotopic (exact) mass is 439 g/mol. The summed E-state index contributed by atoms with van der Waals surface area (Å²) >= 11 is 0. The summed E-state index contributed by atoms with van der Waals surface area (Å²) < 4.78 is 53.3. The van der Waals surface area contributed by atoms with Gasteiger partial charge in [-0.3, -0.25) is 20.2 Å². The molecule has 1 fully saturated rings. The van der Waals surface area contributed by atoms with Crippen molar-refractivity contribution in [2.24, 2.45) is 0 Å². The number of amides is 2. The number of benzene rings is 1. The van der Waals surface area contributed by atoms with E-state index in [0.29, 0.717) is 5.57 Å². The number of carbonyl (C=O) groups excluding carboxylic acids is 2. The van der Waals surface area contributed by atoms with Gasteiger partial charge in [0, 0.05) is 17.7 Å². The normalized spacial score (nSPS) is 24.7. The van der Waals surface area contributed by atoms with Gasteiger partial charge in [-0.1, -0.05) is 6.07 Å². The molecule has 3 unspecified atom stereocenters. The smallest absolute Gasteiger partial charge is 0.349 e. The molecule has 2 heterocycles. The van der Waals surface area contributed by atoms with E-state index in [2.05, 4.69) is 21.3 Å². The van der Waals surface area contributed by atoms with E-state index in [1.807, 2.05) is 6.07 Å². The number of nitrogens with one attached hydrogen (secondary N) is 4. The van der Waals surface area contributed by atoms with Crippen molar-refractivity contribution in [3.05, 3.63) is 46.3 Å². The zero-order valence-corrected chi connectivity index (χ0v) is 16.7. The van der Waals surface area contributed by atoms with Gasteiger partial charge in [-0.2, -0.15) is 18.4 Å². The number of fused-ring (bicyclic) bond motifs is 1. The molecular formula is C20H21F4N5O2. The van der Waals surface area contributed by atoms with Gasteiger partial charge in [-0.05, 0) is 31.6 Å². The van der Waals surface area contributed by atoms with Gasteiger partial charge in [0.25, 0.3) is 0 Å². The van der Waals surface area contributed by atoms with Crippen LogP contribution in [0.15, 0.2) is 29.3 Å². The molecule has 0 spiro atoms. The van der Waals surface area contributed by atoms with Crippen LogP contribution in [0.2, 0.25) is 0 Å². The van der Waals surface area contributed by atoms with Gasteiger partial charge >= 0.3 is 6.18 Å². The van der Waals surface area contributed by atoms with Gasteiger partial charge in [0.1, 0.15) is 5.82 Å². The van der Waals surface area contributed by atoms with Gasteiger partial charge < -0.3 is 10.6 Å². The van der Waals surface area contributed by atoms with Crippen LogP contribution >= 0.6 is 0 Å². The van der Waals surface area contributed by atoms with Gasteiger partial charge in [-0.15, -0.1) is 0 Å². The number of nitrogens with zero attached hydrogens (tertiary/aromatic N) is 1. The van der Waals surface area contributed by atoms with Crippen molar-refractivity contribution in [2.75, 3.05) is 6.54 Å². The van der Waals surface area contributed by atoms with E-state index in [1.165, 1.54) is 19.1 Å². The topological polar surface area (TPSA) is 106 Å². The first kappa shape index (κ1) is 22.7. The quantitative estimate of drug-likeness (QED) is 0.533. The van der Waals surface area contributed by atoms with Crippen LogP contribution in [0.3, 0.4) is 0 Å². The molecule has 166 valence electrons. The summed E-state index contributed by atoms with van der Waals surface area (Å²) in [6.07, 6.45) is -6.80. The molecule has 1 aromatic rings. The number of rotatable bonds is 4. The Labute approximate surface area is 175 Å². The molecule has 0 aliphatic carbocycles. The predicted molar refractivity (Wildman–Crippen MR) is 102 cm³/mol. The van der Waals surface area contributed by atoms with E-state index in [1.54, 1.807) is 6.92 Å². The maximum Gasteiger partial charge on any atom is 0.417 e. The van der Waals surface area contributed by atoms with Gasteiger partial charge in [0.2, 0.25) is 11.8 Å². The molecule has 0 radical (unpaired) electrons. The van der Waals surface area contributed by atoms with Crippen LogP contribution < -0.4 is 21.3 Å². The molecule has 0 saturated carbocycles. The number of hydrogen-bond acceptors (Lipinski definition) is 5. The lowest BCUT2D eigenvalue weighted by Crippen LogP contribution is -2.71. The Morgan fingerprint density at radius 3 is 2.71 bits per heavy atom. The molecule has 11 heteroatoms. The van der Waals surface area contributed by atoms with E-state index < -0.39 is 48.1 Å². The minimum atomic E-state index is -4.51. The summed E-state index contributed by atoms with van der Waals surface area (Å²) in [6.45, 7) is 3.00. The van der Waals surface area contributed by atoms with Crippen LogP contribution in [0, 0.1) is 17.1 Å². The third-order valence-electron chi connectivity index (χ3n) is 5.46. The van der Waals surface area contributed by atoms with Crippen LogP contribution in [0.1, 0.15) is 37.4 Å². The number of alkyl halides is 3. The zero-order chi connectivity index (χ0) is 22.9. The summed E-state index contributed by atoms with van der Waals surface area (Å²) in [5.74, 6) is -1.77. The minimum absolute atomic E-state index is 0.0700. The zero-order valence-electron chi connectivity index (χ0n) is 16.7. The molecule has 1 aromatic carbocycles. The number of carbonyl (C=O) groups is 2. The average Bonchev–Trinajstić information content (AvgIpc) is 2.69. The lowest BCUT2D eigenvalue weighted by Gasteiger charge is -2.43. The largest absolute Gasteiger partial charge is 0.417 e. The minimum Gasteiger partial charge on any atom is -0.349 e. The molecule has 4 N–H and O–H groups in total. The maximum atomic E-state index is 14.2. The maximum absolute atomic E-state index is 14.2. The van der Waals surface area contributed by atoms with Crippen molar-refractivity contribution in [3.63, 3.8) is 0 Å². The molecule has 2 aliphatic heterocycles. The molecule has 0 bridgehead atoms. The Bertz CT molecular complexity index is 969. The first-order valence-electron chi connectivity index (χ1n) is 9.56. The average molecular weight is 439 g/mol. The summed E-state index contributed by atoms with van der Waals surface area (Å²) in [5.41, 5.74) is 0.735. The summed E-state index contributed by atoms with van der Waals surface area (Å²) in [6, 6.07) is 3.58. The second-order valence-corrected chi connectivity index (χ2v) is 7.58. The fraction of sp³-hybridized carbons (Fsp3) is 0.450. The molecule has 7 nitrogen and oxygen atoms in total. The number of halogens is 4. The highest BCUT2D eigenvalue weighted by molar-refractivity contribution is 6.00. The Hall–Kier alpha value is -2.97. The Morgan fingerprint density at radius 2 is 2.10 bits per heavy atom. The van der Waals surface area contributed by atoms with E-state index in [9.17, 15) is 27.2 Å². The molecule has 31 heavy (non-hydrogen) atoms. The highest BCUT2D eigenvalue weighted by Gasteiger charge is 2.47. The second-order valence-electron chi connectivity index (χ2n) is 7.58. The summed E-state index contributed by atoms with van der Waals surface area (Å²) in [5, 5.41) is 18.8. The summed E-state index contributed by atoms with van der Waals surface area (Å²) in [7, 11) is 0. The fourth-order valence-electron chi connectivity index (χ4n) is 3.81. The van der Waals surface area contributed by atoms with Gasteiger partial charge in [0.05, 0.1) is 36.2 Å². The highest BCUT2D eigenvalue weighted by atomic mass is 19.4. The van der Waals surface area contributed by atoms with Crippen LogP contribution in [0.4, 0.5) is 17.6 Å². The van der Waals surface area contributed by atoms with Crippen molar-refractivity contribution < 1.29 is 27.2 Å². The molecule has 2 aliphatic rings. The Kier molecular flexibility index (Phi) is 6.33. The lowest BCUT2D eigenvalue weighted by molar-refractivity contribution is -0.169. The molecule has 1 saturated heterocycles. The number of nitriles is 1. The van der Waals surface area contributed by atoms with E-state index in [4.69, 9.17) is 5.26 Å². The first-order valence-corrected chi connectivity index (χ1v) is 9.56. The highest BCUT2D eigenvalue weighted by Crippen LogP contribution is 2.27. The third kappa shape index (κ3) is 4.86. The lowest BCUT2D eigenvalue weighted by atomic mass is 9.87. The molecule has 2 amide bonds. The second kappa shape index (κ2) is 8.64. The molecule has 0 aromatic heterocycles. The standard InChI is InChI=1S/C20H21F4N5O2/c1-9-13(18(31)28-15-8-26-19(20(22,23)24)29-17(9)15)6-16(30)27-10(2)12-4-3-11(7-25)5-14(12)21/h3-5,10,15,17,19,26,29H,6,8H2,1-2H3,(H,27,30)(H,28,31)/t10-,15?,17?,19?/m1/s1. The van der Waals surface area contributed by atoms with Crippen molar-refractivity contribution in [2.45, 2.75) is 50.7 Å². The van der Waals surface area contributed by atoms with Gasteiger partial charge in [-0.25, -0.2) is 4.39 Å². The summed E-state index contributed by atoms with van der Waals surface area (Å²) in [4.78, 5) is 24.9. The number of hydrogen-bond donors (Lipinski definition) is 4. The van der Waals surface area contributed by atoms with Crippen LogP contribution in [-0.2, 0) is 9.59 Å². The van der Waals surface area contributed by atoms with Crippen LogP contribution in [-0.4, -0.2) is 42.8 Å². The van der Waals surface area contributed by atoms with E-state index in [0.717, 1.165) is 6.07 Å². The van der Waals surface area contributed by atoms with Crippen LogP contribution in [0.5, 0.6) is 0 Å². The van der Waals surface area contributed by atoms with Gasteiger partial charge in [0.15, 0.2) is 6.17 Å².